The standard InChI is InChI=1S/C19H26N4O4.C10H9BrN2O2.C9H18N2O2/c1-19(2,3)27-18(25)23-10-8-22(9-11-23)13-6-7-14-15(12-13)20-21(4)16(14)17(24)26-5;1-13-9(10(14)15-2)7-4-3-6(11)5-8(7)12-13;1-9(2,3)13-8(12)11-6-4-10-5-7-11/h6-7,12H,8-11H2,1-5H3;3-5H,1-2H3;10H,4-7H2,1-3H3. The van der Waals surface area contributed by atoms with Crippen LogP contribution < -0.4 is 10.2 Å². The molecule has 4 aromatic rings. The molecule has 300 valence electrons. The molecule has 1 N–H and O–H groups in total. The maximum Gasteiger partial charge on any atom is 0.410 e. The number of benzene rings is 2. The number of aromatic nitrogens is 4. The predicted octanol–water partition coefficient (Wildman–Crippen LogP) is 5.37. The Kier molecular flexibility index (Phi) is 14.1. The highest BCUT2D eigenvalue weighted by molar-refractivity contribution is 9.10. The third kappa shape index (κ3) is 11.6. The molecule has 4 heterocycles. The number of ether oxygens (including phenoxy) is 4. The van der Waals surface area contributed by atoms with Gasteiger partial charge in [0, 0.05) is 87.4 Å². The lowest BCUT2D eigenvalue weighted by Crippen LogP contribution is -2.50. The molecule has 55 heavy (non-hydrogen) atoms. The zero-order valence-corrected chi connectivity index (χ0v) is 35.0. The van der Waals surface area contributed by atoms with E-state index in [1.807, 2.05) is 77.9 Å². The number of piperazine rings is 2. The largest absolute Gasteiger partial charge is 0.464 e. The maximum atomic E-state index is 12.2. The quantitative estimate of drug-likeness (QED) is 0.208. The smallest absolute Gasteiger partial charge is 0.410 e. The molecule has 17 heteroatoms. The van der Waals surface area contributed by atoms with Gasteiger partial charge in [-0.1, -0.05) is 15.9 Å². The van der Waals surface area contributed by atoms with Crippen molar-refractivity contribution in [3.8, 4) is 0 Å². The van der Waals surface area contributed by atoms with Crippen molar-refractivity contribution in [1.29, 1.82) is 0 Å². The summed E-state index contributed by atoms with van der Waals surface area (Å²) in [6.07, 6.45) is -0.473. The molecule has 0 saturated carbocycles. The van der Waals surface area contributed by atoms with Gasteiger partial charge in [0.1, 0.15) is 11.2 Å². The molecule has 0 spiro atoms. The van der Waals surface area contributed by atoms with Crippen LogP contribution in [0.2, 0.25) is 0 Å². The second-order valence-corrected chi connectivity index (χ2v) is 15.9. The molecular formula is C38H53BrN8O8. The highest BCUT2D eigenvalue weighted by atomic mass is 79.9. The summed E-state index contributed by atoms with van der Waals surface area (Å²) < 4.78 is 24.2. The van der Waals surface area contributed by atoms with Gasteiger partial charge in [0.05, 0.1) is 25.3 Å². The molecule has 2 aliphatic rings. The lowest BCUT2D eigenvalue weighted by atomic mass is 10.1. The number of carbonyl (C=O) groups is 4. The van der Waals surface area contributed by atoms with Crippen molar-refractivity contribution in [2.75, 3.05) is 71.5 Å². The van der Waals surface area contributed by atoms with Gasteiger partial charge in [-0.05, 0) is 77.9 Å². The molecule has 0 bridgehead atoms. The molecule has 2 saturated heterocycles. The van der Waals surface area contributed by atoms with E-state index in [2.05, 4.69) is 36.3 Å². The van der Waals surface area contributed by atoms with E-state index in [1.54, 1.807) is 28.6 Å². The van der Waals surface area contributed by atoms with Crippen LogP contribution in [0.1, 0.15) is 62.5 Å². The first-order valence-corrected chi connectivity index (χ1v) is 18.8. The topological polar surface area (TPSA) is 163 Å². The summed E-state index contributed by atoms with van der Waals surface area (Å²) in [6.45, 7) is 17.1. The molecule has 0 atom stereocenters. The van der Waals surface area contributed by atoms with Crippen LogP contribution in [-0.2, 0) is 33.0 Å². The van der Waals surface area contributed by atoms with Crippen LogP contribution in [-0.4, -0.2) is 131 Å². The summed E-state index contributed by atoms with van der Waals surface area (Å²) in [4.78, 5) is 52.8. The fourth-order valence-corrected chi connectivity index (χ4v) is 6.23. The summed E-state index contributed by atoms with van der Waals surface area (Å²) in [6, 6.07) is 11.4. The van der Waals surface area contributed by atoms with E-state index < -0.39 is 11.6 Å². The molecule has 0 unspecified atom stereocenters. The third-order valence-corrected chi connectivity index (χ3v) is 8.93. The van der Waals surface area contributed by atoms with Crippen LogP contribution in [0.3, 0.4) is 0 Å². The molecule has 6 rings (SSSR count). The lowest BCUT2D eigenvalue weighted by Gasteiger charge is -2.36. The first kappa shape index (κ1) is 42.8. The van der Waals surface area contributed by atoms with E-state index in [-0.39, 0.29) is 23.8 Å². The van der Waals surface area contributed by atoms with Crippen molar-refractivity contribution in [3.63, 3.8) is 0 Å². The number of nitrogens with one attached hydrogen (secondary N) is 1. The van der Waals surface area contributed by atoms with Crippen molar-refractivity contribution in [3.05, 3.63) is 52.3 Å². The Bertz CT molecular complexity index is 1980. The average molecular weight is 830 g/mol. The third-order valence-electron chi connectivity index (χ3n) is 8.44. The highest BCUT2D eigenvalue weighted by Crippen LogP contribution is 2.26. The van der Waals surface area contributed by atoms with Gasteiger partial charge >= 0.3 is 24.1 Å². The minimum Gasteiger partial charge on any atom is -0.464 e. The van der Waals surface area contributed by atoms with E-state index in [9.17, 15) is 19.2 Å². The van der Waals surface area contributed by atoms with Gasteiger partial charge in [-0.2, -0.15) is 10.2 Å². The number of anilines is 1. The van der Waals surface area contributed by atoms with Crippen molar-refractivity contribution in [2.45, 2.75) is 52.7 Å². The minimum absolute atomic E-state index is 0.200. The molecule has 0 aliphatic carbocycles. The Morgan fingerprint density at radius 2 is 1.09 bits per heavy atom. The van der Waals surface area contributed by atoms with Crippen molar-refractivity contribution in [1.82, 2.24) is 34.7 Å². The van der Waals surface area contributed by atoms with Crippen LogP contribution in [0.5, 0.6) is 0 Å². The zero-order valence-electron chi connectivity index (χ0n) is 33.4. The highest BCUT2D eigenvalue weighted by Gasteiger charge is 2.27. The molecule has 0 radical (unpaired) electrons. The van der Waals surface area contributed by atoms with Gasteiger partial charge in [-0.3, -0.25) is 9.36 Å². The number of hydrogen-bond donors (Lipinski definition) is 1. The number of halogens is 1. The van der Waals surface area contributed by atoms with Gasteiger partial charge in [0.2, 0.25) is 0 Å². The maximum absolute atomic E-state index is 12.2. The van der Waals surface area contributed by atoms with Crippen LogP contribution >= 0.6 is 15.9 Å². The fourth-order valence-electron chi connectivity index (χ4n) is 5.88. The number of hydrogen-bond acceptors (Lipinski definition) is 12. The Balaban J connectivity index is 0.000000202. The van der Waals surface area contributed by atoms with Gasteiger partial charge in [0.15, 0.2) is 11.4 Å². The summed E-state index contributed by atoms with van der Waals surface area (Å²) in [5.74, 6) is -0.777. The second-order valence-electron chi connectivity index (χ2n) is 15.0. The van der Waals surface area contributed by atoms with Gasteiger partial charge in [0.25, 0.3) is 0 Å². The molecule has 16 nitrogen and oxygen atoms in total. The first-order valence-electron chi connectivity index (χ1n) is 18.0. The SMILES string of the molecule is CC(C)(C)OC(=O)N1CCNCC1.COC(=O)c1c2ccc(Br)cc2nn1C.COC(=O)c1c2ccc(N3CCN(C(=O)OC(C)(C)C)CC3)cc2nn1C. The molecule has 2 amide bonds. The van der Waals surface area contributed by atoms with Crippen molar-refractivity contribution >= 4 is 67.5 Å². The van der Waals surface area contributed by atoms with Crippen LogP contribution in [0.25, 0.3) is 21.8 Å². The molecular weight excluding hydrogens is 776 g/mol. The fraction of sp³-hybridized carbons (Fsp3) is 0.526. The monoisotopic (exact) mass is 828 g/mol. The van der Waals surface area contributed by atoms with Crippen LogP contribution in [0.4, 0.5) is 15.3 Å². The number of carbonyl (C=O) groups excluding carboxylic acids is 4. The number of esters is 2. The number of aryl methyl sites for hydroxylation is 2. The Hall–Kier alpha value is -4.90. The summed E-state index contributed by atoms with van der Waals surface area (Å²) in [5, 5.41) is 13.4. The molecule has 2 aromatic carbocycles. The summed E-state index contributed by atoms with van der Waals surface area (Å²) in [5.41, 5.74) is 2.56. The van der Waals surface area contributed by atoms with Gasteiger partial charge < -0.3 is 39.0 Å². The van der Waals surface area contributed by atoms with Crippen molar-refractivity contribution in [2.24, 2.45) is 14.1 Å². The average Bonchev–Trinajstić information content (AvgIpc) is 3.64. The normalized spacial score (nSPS) is 14.7. The van der Waals surface area contributed by atoms with Crippen LogP contribution in [0.15, 0.2) is 40.9 Å². The van der Waals surface area contributed by atoms with E-state index in [1.165, 1.54) is 18.9 Å². The van der Waals surface area contributed by atoms with Crippen LogP contribution in [0, 0.1) is 0 Å². The van der Waals surface area contributed by atoms with Crippen molar-refractivity contribution < 1.29 is 38.1 Å². The van der Waals surface area contributed by atoms with E-state index in [0.717, 1.165) is 58.1 Å². The molecule has 2 fully saturated rings. The molecule has 2 aliphatic heterocycles. The van der Waals surface area contributed by atoms with E-state index in [0.29, 0.717) is 37.6 Å². The Morgan fingerprint density at radius 3 is 1.55 bits per heavy atom. The number of fused-ring (bicyclic) bond motifs is 2. The number of rotatable bonds is 3. The first-order chi connectivity index (χ1) is 25.8. The number of amides is 2. The predicted molar refractivity (Wildman–Crippen MR) is 213 cm³/mol. The molecule has 2 aromatic heterocycles. The van der Waals surface area contributed by atoms with Gasteiger partial charge in [-0.15, -0.1) is 0 Å². The summed E-state index contributed by atoms with van der Waals surface area (Å²) in [7, 11) is 6.17. The second kappa shape index (κ2) is 18.2. The number of methoxy groups -OCH3 is 2. The Labute approximate surface area is 330 Å². The zero-order chi connectivity index (χ0) is 40.7. The Morgan fingerprint density at radius 1 is 0.655 bits per heavy atom. The van der Waals surface area contributed by atoms with Gasteiger partial charge in [-0.25, -0.2) is 19.2 Å². The minimum atomic E-state index is -0.490. The number of nitrogens with zero attached hydrogens (tertiary/aromatic N) is 7. The lowest BCUT2D eigenvalue weighted by molar-refractivity contribution is 0.0223. The summed E-state index contributed by atoms with van der Waals surface area (Å²) >= 11 is 3.35. The van der Waals surface area contributed by atoms with E-state index in [4.69, 9.17) is 18.9 Å². The van der Waals surface area contributed by atoms with E-state index >= 15 is 0 Å².